The molecule has 0 fully saturated rings. The SMILES string of the molecule is CC[O][V]([CH3])([CH3])[O]CC. The van der Waals surface area contributed by atoms with Crippen molar-refractivity contribution in [2.24, 2.45) is 0 Å². The van der Waals surface area contributed by atoms with Crippen molar-refractivity contribution in [3.63, 3.8) is 0 Å². The summed E-state index contributed by atoms with van der Waals surface area (Å²) in [6.07, 6.45) is 0. The van der Waals surface area contributed by atoms with Gasteiger partial charge in [0.15, 0.2) is 0 Å². The number of hydrogen-bond acceptors (Lipinski definition) is 2. The Kier molecular flexibility index (Phi) is 4.58. The standard InChI is InChI=1S/2C2H5O.2CH3.V/c2*1-2-3;;;/h2*2H2,1H3;2*1H3;/q2*-1;;;+2. The fourth-order valence-corrected chi connectivity index (χ4v) is 2.72. The van der Waals surface area contributed by atoms with Gasteiger partial charge in [0, 0.05) is 0 Å². The maximum atomic E-state index is 5.42. The third-order valence-corrected chi connectivity index (χ3v) is 3.63. The summed E-state index contributed by atoms with van der Waals surface area (Å²) in [5.74, 6) is 0. The van der Waals surface area contributed by atoms with Crippen LogP contribution in [0.1, 0.15) is 13.8 Å². The molecule has 3 heteroatoms. The normalized spacial score (nSPS) is 12.0. The zero-order valence-electron chi connectivity index (χ0n) is 6.68. The molecule has 0 rings (SSSR count). The van der Waals surface area contributed by atoms with Gasteiger partial charge < -0.3 is 0 Å². The van der Waals surface area contributed by atoms with Crippen LogP contribution in [0.2, 0.25) is 11.3 Å². The first-order valence-electron chi connectivity index (χ1n) is 3.25. The summed E-state index contributed by atoms with van der Waals surface area (Å²) in [4.78, 5) is 0. The predicted molar refractivity (Wildman–Crippen MR) is 35.0 cm³/mol. The molecule has 0 aliphatic heterocycles. The van der Waals surface area contributed by atoms with E-state index in [1.165, 1.54) is 0 Å². The van der Waals surface area contributed by atoms with Gasteiger partial charge in [-0.15, -0.1) is 0 Å². The van der Waals surface area contributed by atoms with Gasteiger partial charge in [0.1, 0.15) is 0 Å². The molecule has 0 atom stereocenters. The summed E-state index contributed by atoms with van der Waals surface area (Å²) in [5, 5.41) is 0. The van der Waals surface area contributed by atoms with Gasteiger partial charge in [0.2, 0.25) is 0 Å². The molecule has 0 aliphatic rings. The molecular weight excluding hydrogens is 155 g/mol. The molecule has 0 aromatic rings. The van der Waals surface area contributed by atoms with E-state index in [0.717, 1.165) is 13.2 Å². The molecule has 0 aliphatic carbocycles. The molecule has 0 aromatic heterocycles. The van der Waals surface area contributed by atoms with Gasteiger partial charge in [0.25, 0.3) is 0 Å². The topological polar surface area (TPSA) is 18.5 Å². The molecule has 0 heterocycles. The van der Waals surface area contributed by atoms with Crippen LogP contribution in [0.5, 0.6) is 0 Å². The van der Waals surface area contributed by atoms with E-state index >= 15 is 0 Å². The second kappa shape index (κ2) is 4.34. The van der Waals surface area contributed by atoms with Crippen molar-refractivity contribution in [1.29, 1.82) is 0 Å². The fourth-order valence-electron chi connectivity index (χ4n) is 0.659. The molecule has 0 unspecified atom stereocenters. The van der Waals surface area contributed by atoms with E-state index < -0.39 is 14.7 Å². The Bertz CT molecular complexity index is 65.5. The van der Waals surface area contributed by atoms with Gasteiger partial charge in [-0.05, 0) is 0 Å². The van der Waals surface area contributed by atoms with E-state index in [9.17, 15) is 0 Å². The van der Waals surface area contributed by atoms with E-state index in [0.29, 0.717) is 0 Å². The summed E-state index contributed by atoms with van der Waals surface area (Å²) in [5.41, 5.74) is 4.18. The number of hydrogen-bond donors (Lipinski definition) is 0. The van der Waals surface area contributed by atoms with Crippen molar-refractivity contribution in [1.82, 2.24) is 0 Å². The van der Waals surface area contributed by atoms with Crippen molar-refractivity contribution in [3.05, 3.63) is 0 Å². The minimum atomic E-state index is -2.01. The van der Waals surface area contributed by atoms with E-state index in [-0.39, 0.29) is 0 Å². The van der Waals surface area contributed by atoms with Crippen molar-refractivity contribution in [2.75, 3.05) is 13.2 Å². The van der Waals surface area contributed by atoms with Crippen LogP contribution < -0.4 is 0 Å². The first-order valence-corrected chi connectivity index (χ1v) is 7.18. The molecule has 0 spiro atoms. The second-order valence-corrected chi connectivity index (χ2v) is 6.80. The maximum absolute atomic E-state index is 5.42. The van der Waals surface area contributed by atoms with Crippen molar-refractivity contribution >= 4 is 0 Å². The monoisotopic (exact) mass is 171 g/mol. The molecule has 0 radical (unpaired) electrons. The molecule has 0 amide bonds. The molecule has 0 saturated carbocycles. The van der Waals surface area contributed by atoms with Crippen LogP contribution in [0.3, 0.4) is 0 Å². The Morgan fingerprint density at radius 2 is 1.33 bits per heavy atom. The third kappa shape index (κ3) is 4.97. The second-order valence-electron chi connectivity index (χ2n) is 2.09. The number of rotatable bonds is 4. The van der Waals surface area contributed by atoms with Crippen LogP contribution in [0.4, 0.5) is 0 Å². The van der Waals surface area contributed by atoms with Crippen LogP contribution in [0, 0.1) is 0 Å². The zero-order valence-corrected chi connectivity index (χ0v) is 8.07. The Balaban J connectivity index is 3.43. The Labute approximate surface area is 60.9 Å². The summed E-state index contributed by atoms with van der Waals surface area (Å²) in [6.45, 7) is 5.56. The molecule has 0 bridgehead atoms. The minimum absolute atomic E-state index is 0.778. The van der Waals surface area contributed by atoms with Crippen LogP contribution in [-0.2, 0) is 22.1 Å². The molecule has 57 valence electrons. The van der Waals surface area contributed by atoms with Gasteiger partial charge in [-0.25, -0.2) is 0 Å². The molecule has 9 heavy (non-hydrogen) atoms. The van der Waals surface area contributed by atoms with E-state index in [1.807, 2.05) is 13.8 Å². The van der Waals surface area contributed by atoms with Crippen molar-refractivity contribution in [2.45, 2.75) is 25.1 Å². The molecule has 2 nitrogen and oxygen atoms in total. The summed E-state index contributed by atoms with van der Waals surface area (Å²) in [7, 11) is 0. The average Bonchev–Trinajstić information content (AvgIpc) is 1.64. The summed E-state index contributed by atoms with van der Waals surface area (Å²) in [6, 6.07) is 0. The van der Waals surface area contributed by atoms with Crippen molar-refractivity contribution in [3.8, 4) is 0 Å². The van der Waals surface area contributed by atoms with E-state index in [1.54, 1.807) is 0 Å². The van der Waals surface area contributed by atoms with Crippen molar-refractivity contribution < 1.29 is 22.1 Å². The van der Waals surface area contributed by atoms with Gasteiger partial charge >= 0.3 is 60.4 Å². The van der Waals surface area contributed by atoms with Crippen LogP contribution >= 0.6 is 0 Å². The zero-order chi connectivity index (χ0) is 7.33. The van der Waals surface area contributed by atoms with E-state index in [4.69, 9.17) is 7.32 Å². The molecule has 0 aromatic carbocycles. The van der Waals surface area contributed by atoms with Gasteiger partial charge in [-0.2, -0.15) is 0 Å². The first-order chi connectivity index (χ1) is 4.12. The van der Waals surface area contributed by atoms with Gasteiger partial charge in [-0.3, -0.25) is 0 Å². The Morgan fingerprint density at radius 3 is 1.56 bits per heavy atom. The Morgan fingerprint density at radius 1 is 1.00 bits per heavy atom. The molecular formula is C6H16O2V. The van der Waals surface area contributed by atoms with E-state index in [2.05, 4.69) is 11.3 Å². The van der Waals surface area contributed by atoms with Gasteiger partial charge in [0.05, 0.1) is 0 Å². The van der Waals surface area contributed by atoms with Crippen LogP contribution in [-0.4, -0.2) is 13.2 Å². The molecule has 0 N–H and O–H groups in total. The third-order valence-electron chi connectivity index (χ3n) is 0.880. The predicted octanol–water partition coefficient (Wildman–Crippen LogP) is 2.14. The van der Waals surface area contributed by atoms with Gasteiger partial charge in [-0.1, -0.05) is 0 Å². The summed E-state index contributed by atoms with van der Waals surface area (Å²) >= 11 is -2.01. The fraction of sp³-hybridized carbons (Fsp3) is 1.00. The quantitative estimate of drug-likeness (QED) is 0.645. The average molecular weight is 171 g/mol. The van der Waals surface area contributed by atoms with Crippen LogP contribution in [0.25, 0.3) is 0 Å². The first kappa shape index (κ1) is 9.50. The Hall–Kier alpha value is 0.504. The van der Waals surface area contributed by atoms with Crippen LogP contribution in [0.15, 0.2) is 0 Å². The summed E-state index contributed by atoms with van der Waals surface area (Å²) < 4.78 is 10.8. The molecule has 0 saturated heterocycles.